The van der Waals surface area contributed by atoms with Crippen LogP contribution in [0.3, 0.4) is 0 Å². The maximum atomic E-state index is 14.4. The lowest BCUT2D eigenvalue weighted by atomic mass is 9.90. The number of benzene rings is 1. The number of anilines is 1. The molecule has 0 fully saturated rings. The molecule has 1 atom stereocenters. The summed E-state index contributed by atoms with van der Waals surface area (Å²) >= 11 is 0. The zero-order valence-electron chi connectivity index (χ0n) is 15.6. The Labute approximate surface area is 168 Å². The van der Waals surface area contributed by atoms with Crippen LogP contribution in [-0.2, 0) is 10.3 Å². The Morgan fingerprint density at radius 3 is 2.60 bits per heavy atom. The predicted octanol–water partition coefficient (Wildman–Crippen LogP) is 3.57. The number of ether oxygens (including phenoxy) is 1. The van der Waals surface area contributed by atoms with Crippen LogP contribution in [0.4, 0.5) is 27.6 Å². The van der Waals surface area contributed by atoms with E-state index in [4.69, 9.17) is 10.5 Å². The molecule has 1 aromatic carbocycles. The highest BCUT2D eigenvalue weighted by Crippen LogP contribution is 2.38. The number of nitrogens with one attached hydrogen (secondary N) is 1. The van der Waals surface area contributed by atoms with Gasteiger partial charge in [0, 0.05) is 23.0 Å². The van der Waals surface area contributed by atoms with E-state index in [2.05, 4.69) is 15.3 Å². The first-order valence-corrected chi connectivity index (χ1v) is 8.70. The molecule has 1 aliphatic heterocycles. The van der Waals surface area contributed by atoms with Gasteiger partial charge in [0.25, 0.3) is 18.8 Å². The summed E-state index contributed by atoms with van der Waals surface area (Å²) in [4.78, 5) is 20.0. The molecule has 1 aliphatic rings. The molecule has 0 unspecified atom stereocenters. The van der Waals surface area contributed by atoms with Crippen molar-refractivity contribution in [2.75, 3.05) is 18.5 Å². The number of pyridine rings is 1. The van der Waals surface area contributed by atoms with E-state index in [1.807, 2.05) is 0 Å². The van der Waals surface area contributed by atoms with Crippen LogP contribution in [0.1, 0.15) is 33.6 Å². The third-order valence-electron chi connectivity index (χ3n) is 4.53. The number of carbonyl (C=O) groups is 1. The molecular weight excluding hydrogens is 411 g/mol. The van der Waals surface area contributed by atoms with Gasteiger partial charge in [-0.2, -0.15) is 0 Å². The molecule has 2 heterocycles. The van der Waals surface area contributed by atoms with Gasteiger partial charge >= 0.3 is 0 Å². The molecule has 0 saturated carbocycles. The average Bonchev–Trinajstić information content (AvgIpc) is 2.68. The van der Waals surface area contributed by atoms with Crippen LogP contribution in [-0.4, -0.2) is 36.4 Å². The van der Waals surface area contributed by atoms with Gasteiger partial charge in [0.2, 0.25) is 0 Å². The lowest BCUT2D eigenvalue weighted by Gasteiger charge is -2.33. The zero-order chi connectivity index (χ0) is 22.1. The Morgan fingerprint density at radius 1 is 1.27 bits per heavy atom. The van der Waals surface area contributed by atoms with Gasteiger partial charge in [-0.25, -0.2) is 22.0 Å². The summed E-state index contributed by atoms with van der Waals surface area (Å²) in [7, 11) is 0. The van der Waals surface area contributed by atoms with E-state index in [9.17, 15) is 26.7 Å². The van der Waals surface area contributed by atoms with Crippen molar-refractivity contribution in [2.24, 2.45) is 10.7 Å². The van der Waals surface area contributed by atoms with Crippen LogP contribution in [0.25, 0.3) is 0 Å². The number of amidine groups is 1. The molecule has 1 aromatic heterocycles. The van der Waals surface area contributed by atoms with Crippen molar-refractivity contribution in [1.82, 2.24) is 4.98 Å². The van der Waals surface area contributed by atoms with Gasteiger partial charge in [-0.05, 0) is 36.8 Å². The molecule has 0 saturated heterocycles. The van der Waals surface area contributed by atoms with Gasteiger partial charge in [-0.15, -0.1) is 0 Å². The van der Waals surface area contributed by atoms with Gasteiger partial charge in [-0.3, -0.25) is 14.8 Å². The van der Waals surface area contributed by atoms with Crippen molar-refractivity contribution in [3.63, 3.8) is 0 Å². The molecular formula is C19H17F5N4O2. The lowest BCUT2D eigenvalue weighted by Crippen LogP contribution is -2.45. The van der Waals surface area contributed by atoms with Crippen molar-refractivity contribution >= 4 is 17.4 Å². The molecule has 3 N–H and O–H groups in total. The van der Waals surface area contributed by atoms with Gasteiger partial charge in [0.05, 0.1) is 6.61 Å². The number of nitrogens with two attached hydrogens (primary N) is 1. The predicted molar refractivity (Wildman–Crippen MR) is 98.4 cm³/mol. The quantitative estimate of drug-likeness (QED) is 0.713. The van der Waals surface area contributed by atoms with Crippen LogP contribution in [0.5, 0.6) is 0 Å². The molecule has 3 rings (SSSR count). The highest BCUT2D eigenvalue weighted by Gasteiger charge is 2.46. The van der Waals surface area contributed by atoms with Crippen molar-refractivity contribution in [3.8, 4) is 0 Å². The molecule has 6 nitrogen and oxygen atoms in total. The van der Waals surface area contributed by atoms with Gasteiger partial charge in [0.15, 0.2) is 5.54 Å². The van der Waals surface area contributed by atoms with Crippen molar-refractivity contribution in [2.45, 2.75) is 25.3 Å². The number of aromatic nitrogens is 1. The molecule has 0 spiro atoms. The minimum atomic E-state index is -3.14. The molecule has 0 aliphatic carbocycles. The monoisotopic (exact) mass is 428 g/mol. The molecule has 0 bridgehead atoms. The van der Waals surface area contributed by atoms with Crippen LogP contribution in [0.2, 0.25) is 0 Å². The number of alkyl halides is 4. The first-order valence-electron chi connectivity index (χ1n) is 8.70. The number of hydrogen-bond donors (Lipinski definition) is 2. The first-order chi connectivity index (χ1) is 14.1. The normalized spacial score (nSPS) is 19.1. The van der Waals surface area contributed by atoms with Crippen LogP contribution in [0.15, 0.2) is 35.5 Å². The molecule has 1 amide bonds. The fourth-order valence-electron chi connectivity index (χ4n) is 3.08. The molecule has 11 heteroatoms. The molecule has 2 aromatic rings. The number of amides is 1. The smallest absolute Gasteiger partial charge is 0.274 e. The number of hydrogen-bond acceptors (Lipinski definition) is 5. The largest absolute Gasteiger partial charge is 0.385 e. The second-order valence-corrected chi connectivity index (χ2v) is 6.70. The van der Waals surface area contributed by atoms with E-state index in [1.165, 1.54) is 6.92 Å². The Bertz CT molecular complexity index is 999. The van der Waals surface area contributed by atoms with Gasteiger partial charge in [-0.1, -0.05) is 0 Å². The highest BCUT2D eigenvalue weighted by molar-refractivity contribution is 6.03. The number of aliphatic imine (C=N–C) groups is 1. The second kappa shape index (κ2) is 8.34. The number of rotatable bonds is 5. The highest BCUT2D eigenvalue weighted by atomic mass is 19.3. The van der Waals surface area contributed by atoms with E-state index in [-0.39, 0.29) is 35.0 Å². The Hall–Kier alpha value is -3.08. The van der Waals surface area contributed by atoms with E-state index in [0.717, 1.165) is 30.5 Å². The number of halogens is 5. The minimum absolute atomic E-state index is 0.0186. The van der Waals surface area contributed by atoms with E-state index in [1.54, 1.807) is 0 Å². The summed E-state index contributed by atoms with van der Waals surface area (Å²) in [6, 6.07) is 4.18. The topological polar surface area (TPSA) is 89.6 Å². The van der Waals surface area contributed by atoms with E-state index < -0.39 is 42.3 Å². The van der Waals surface area contributed by atoms with Crippen molar-refractivity contribution < 1.29 is 31.5 Å². The third-order valence-corrected chi connectivity index (χ3v) is 4.53. The standard InChI is InChI=1S/C19H17F5N4O2/c1-9-4-10(16(21)22)6-26-15(9)17(29)27-11-2-3-13(20)12(5-11)19(18(23)24)8-30-7-14(25)28-19/h2-6,16,18H,7-8H2,1H3,(H2,25,28)(H,27,29)/t19-/m0/s1. The van der Waals surface area contributed by atoms with Crippen LogP contribution < -0.4 is 11.1 Å². The van der Waals surface area contributed by atoms with Crippen LogP contribution in [0, 0.1) is 12.7 Å². The molecule has 0 radical (unpaired) electrons. The number of nitrogens with zero attached hydrogens (tertiary/aromatic N) is 2. The van der Waals surface area contributed by atoms with Crippen molar-refractivity contribution in [3.05, 3.63) is 58.7 Å². The van der Waals surface area contributed by atoms with E-state index >= 15 is 0 Å². The first kappa shape index (κ1) is 21.6. The fraction of sp³-hybridized carbons (Fsp3) is 0.316. The van der Waals surface area contributed by atoms with Gasteiger partial charge in [0.1, 0.15) is 24.0 Å². The third kappa shape index (κ3) is 4.11. The lowest BCUT2D eigenvalue weighted by molar-refractivity contribution is -0.0145. The zero-order valence-corrected chi connectivity index (χ0v) is 15.6. The Kier molecular flexibility index (Phi) is 6.01. The molecule has 30 heavy (non-hydrogen) atoms. The fourth-order valence-corrected chi connectivity index (χ4v) is 3.08. The summed E-state index contributed by atoms with van der Waals surface area (Å²) in [5.74, 6) is -1.97. The van der Waals surface area contributed by atoms with Crippen molar-refractivity contribution in [1.29, 1.82) is 0 Å². The Balaban J connectivity index is 1.94. The summed E-state index contributed by atoms with van der Waals surface area (Å²) < 4.78 is 72.7. The maximum absolute atomic E-state index is 14.4. The average molecular weight is 428 g/mol. The maximum Gasteiger partial charge on any atom is 0.274 e. The van der Waals surface area contributed by atoms with Crippen LogP contribution >= 0.6 is 0 Å². The summed E-state index contributed by atoms with van der Waals surface area (Å²) in [6.07, 6.45) is -5.02. The number of carbonyl (C=O) groups excluding carboxylic acids is 1. The molecule has 160 valence electrons. The number of aryl methyl sites for hydroxylation is 1. The summed E-state index contributed by atoms with van der Waals surface area (Å²) in [5, 5.41) is 2.40. The second-order valence-electron chi connectivity index (χ2n) is 6.70. The van der Waals surface area contributed by atoms with E-state index in [0.29, 0.717) is 0 Å². The Morgan fingerprint density at radius 2 is 2.00 bits per heavy atom. The minimum Gasteiger partial charge on any atom is -0.385 e. The van der Waals surface area contributed by atoms with Gasteiger partial charge < -0.3 is 15.8 Å². The summed E-state index contributed by atoms with van der Waals surface area (Å²) in [5.41, 5.74) is 2.34. The SMILES string of the molecule is Cc1cc(C(F)F)cnc1C(=O)Nc1ccc(F)c([C@]2(C(F)F)COCC(N)=N2)c1. The summed E-state index contributed by atoms with van der Waals surface area (Å²) in [6.45, 7) is 0.661.